The molecule has 2 aromatic rings. The Bertz CT molecular complexity index is 769. The summed E-state index contributed by atoms with van der Waals surface area (Å²) in [6.45, 7) is 0.212. The largest absolute Gasteiger partial charge is 0.459 e. The first kappa shape index (κ1) is 22.2. The van der Waals surface area contributed by atoms with Crippen molar-refractivity contribution in [3.05, 3.63) is 40.6 Å². The van der Waals surface area contributed by atoms with Gasteiger partial charge in [-0.1, -0.05) is 28.1 Å². The third kappa shape index (κ3) is 5.68. The van der Waals surface area contributed by atoms with Gasteiger partial charge in [-0.25, -0.2) is 15.0 Å². The van der Waals surface area contributed by atoms with Gasteiger partial charge in [-0.15, -0.1) is 0 Å². The highest BCUT2D eigenvalue weighted by Crippen LogP contribution is 2.44. The van der Waals surface area contributed by atoms with Crippen LogP contribution in [0, 0.1) is 0 Å². The van der Waals surface area contributed by atoms with Gasteiger partial charge in [0.1, 0.15) is 18.2 Å². The molecule has 0 unspecified atom stereocenters. The number of alkyl halides is 5. The Hall–Kier alpha value is -1.13. The quantitative estimate of drug-likeness (QED) is 0.383. The summed E-state index contributed by atoms with van der Waals surface area (Å²) in [4.78, 5) is 3.58. The van der Waals surface area contributed by atoms with Gasteiger partial charge >= 0.3 is 12.1 Å². The standard InChI is InChI=1S/C17H20BrF5N2OS/c1-27(2,3)9-8-26-11-25-10-14(16(19,20)17(21,22)23)24-15(25)12-4-6-13(18)7-5-12/h4-7,10H,8-9,11H2,1-3H3. The van der Waals surface area contributed by atoms with Crippen LogP contribution in [0.3, 0.4) is 0 Å². The minimum absolute atomic E-state index is 0.00969. The van der Waals surface area contributed by atoms with Gasteiger partial charge < -0.3 is 9.30 Å². The Balaban J connectivity index is 2.33. The van der Waals surface area contributed by atoms with Crippen LogP contribution in [0.1, 0.15) is 5.69 Å². The Morgan fingerprint density at radius 2 is 1.67 bits per heavy atom. The Kier molecular flexibility index (Phi) is 6.63. The second-order valence-corrected chi connectivity index (χ2v) is 12.3. The molecule has 0 radical (unpaired) electrons. The van der Waals surface area contributed by atoms with Crippen LogP contribution in [0.15, 0.2) is 34.9 Å². The van der Waals surface area contributed by atoms with Gasteiger partial charge in [0.2, 0.25) is 0 Å². The van der Waals surface area contributed by atoms with Gasteiger partial charge in [0.15, 0.2) is 0 Å². The van der Waals surface area contributed by atoms with E-state index in [1.54, 1.807) is 24.3 Å². The van der Waals surface area contributed by atoms with Crippen molar-refractivity contribution < 1.29 is 26.7 Å². The number of halogens is 6. The van der Waals surface area contributed by atoms with E-state index in [1.807, 2.05) is 0 Å². The van der Waals surface area contributed by atoms with Crippen molar-refractivity contribution in [1.29, 1.82) is 0 Å². The van der Waals surface area contributed by atoms with Crippen molar-refractivity contribution in [3.63, 3.8) is 0 Å². The summed E-state index contributed by atoms with van der Waals surface area (Å²) < 4.78 is 73.1. The molecule has 10 heteroatoms. The topological polar surface area (TPSA) is 27.1 Å². The molecule has 3 nitrogen and oxygen atoms in total. The zero-order valence-electron chi connectivity index (χ0n) is 15.0. The predicted molar refractivity (Wildman–Crippen MR) is 101 cm³/mol. The maximum absolute atomic E-state index is 13.7. The van der Waals surface area contributed by atoms with Crippen LogP contribution >= 0.6 is 26.0 Å². The Labute approximate surface area is 164 Å². The van der Waals surface area contributed by atoms with E-state index >= 15 is 0 Å². The molecule has 152 valence electrons. The molecular formula is C17H20BrF5N2OS. The molecule has 0 aliphatic heterocycles. The van der Waals surface area contributed by atoms with Crippen LogP contribution in [-0.2, 0) is 17.4 Å². The molecule has 0 spiro atoms. The number of ether oxygens (including phenoxy) is 1. The number of imidazole rings is 1. The monoisotopic (exact) mass is 474 g/mol. The average Bonchev–Trinajstić information content (AvgIpc) is 2.95. The molecule has 1 aromatic heterocycles. The number of benzene rings is 1. The molecule has 27 heavy (non-hydrogen) atoms. The summed E-state index contributed by atoms with van der Waals surface area (Å²) >= 11 is 3.25. The molecule has 0 bridgehead atoms. The number of aromatic nitrogens is 2. The lowest BCUT2D eigenvalue weighted by Crippen LogP contribution is -2.34. The normalized spacial score (nSPS) is 13.8. The SMILES string of the molecule is CS(C)(C)CCOCn1cc(C(F)(F)C(F)(F)F)nc1-c1ccc(Br)cc1. The van der Waals surface area contributed by atoms with E-state index in [-0.39, 0.29) is 12.6 Å². The number of nitrogens with zero attached hydrogens (tertiary/aromatic N) is 2. The van der Waals surface area contributed by atoms with Crippen molar-refractivity contribution >= 4 is 26.0 Å². The maximum Gasteiger partial charge on any atom is 0.459 e. The fourth-order valence-corrected chi connectivity index (χ4v) is 2.99. The highest BCUT2D eigenvalue weighted by Gasteiger charge is 2.60. The van der Waals surface area contributed by atoms with Crippen LogP contribution < -0.4 is 0 Å². The second-order valence-electron chi connectivity index (χ2n) is 6.83. The van der Waals surface area contributed by atoms with E-state index in [4.69, 9.17) is 4.74 Å². The van der Waals surface area contributed by atoms with E-state index in [0.717, 1.165) is 10.2 Å². The molecule has 0 fully saturated rings. The lowest BCUT2D eigenvalue weighted by atomic mass is 10.2. The van der Waals surface area contributed by atoms with Gasteiger partial charge in [-0.3, -0.25) is 0 Å². The van der Waals surface area contributed by atoms with Crippen molar-refractivity contribution in [2.75, 3.05) is 31.1 Å². The molecule has 0 atom stereocenters. The fraction of sp³-hybridized carbons (Fsp3) is 0.471. The molecule has 0 saturated heterocycles. The van der Waals surface area contributed by atoms with Crippen LogP contribution in [0.2, 0.25) is 0 Å². The predicted octanol–water partition coefficient (Wildman–Crippen LogP) is 5.63. The zero-order chi connectivity index (χ0) is 20.5. The van der Waals surface area contributed by atoms with Crippen molar-refractivity contribution in [2.45, 2.75) is 18.8 Å². The molecule has 1 aromatic carbocycles. The van der Waals surface area contributed by atoms with Gasteiger partial charge in [0, 0.05) is 22.0 Å². The van der Waals surface area contributed by atoms with E-state index in [2.05, 4.69) is 39.7 Å². The molecule has 0 amide bonds. The molecule has 0 saturated carbocycles. The van der Waals surface area contributed by atoms with Crippen molar-refractivity contribution in [2.24, 2.45) is 0 Å². The van der Waals surface area contributed by atoms with Gasteiger partial charge in [0.25, 0.3) is 0 Å². The third-order valence-electron chi connectivity index (χ3n) is 3.63. The maximum atomic E-state index is 13.7. The summed E-state index contributed by atoms with van der Waals surface area (Å²) in [6.07, 6.45) is 1.28. The first-order valence-corrected chi connectivity index (χ1v) is 11.6. The summed E-state index contributed by atoms with van der Waals surface area (Å²) in [6, 6.07) is 6.47. The molecule has 0 aliphatic carbocycles. The molecular weight excluding hydrogens is 455 g/mol. The first-order chi connectivity index (χ1) is 12.3. The minimum atomic E-state index is -5.72. The lowest BCUT2D eigenvalue weighted by Gasteiger charge is -2.24. The fourth-order valence-electron chi connectivity index (χ4n) is 2.11. The summed E-state index contributed by atoms with van der Waals surface area (Å²) in [5.74, 6) is -4.26. The highest BCUT2D eigenvalue weighted by molar-refractivity contribution is 9.10. The van der Waals surface area contributed by atoms with Gasteiger partial charge in [-0.05, 0) is 30.9 Å². The zero-order valence-corrected chi connectivity index (χ0v) is 17.4. The average molecular weight is 475 g/mol. The van der Waals surface area contributed by atoms with E-state index in [1.165, 1.54) is 4.57 Å². The summed E-state index contributed by atoms with van der Waals surface area (Å²) in [5.41, 5.74) is -0.939. The summed E-state index contributed by atoms with van der Waals surface area (Å²) in [7, 11) is -0.807. The van der Waals surface area contributed by atoms with E-state index in [9.17, 15) is 22.0 Å². The lowest BCUT2D eigenvalue weighted by molar-refractivity contribution is -0.290. The first-order valence-electron chi connectivity index (χ1n) is 7.83. The molecule has 2 rings (SSSR count). The van der Waals surface area contributed by atoms with Crippen LogP contribution in [0.4, 0.5) is 22.0 Å². The minimum Gasteiger partial charge on any atom is -0.360 e. The molecule has 0 N–H and O–H groups in total. The van der Waals surface area contributed by atoms with E-state index in [0.29, 0.717) is 18.4 Å². The highest BCUT2D eigenvalue weighted by atomic mass is 79.9. The van der Waals surface area contributed by atoms with Crippen molar-refractivity contribution in [1.82, 2.24) is 9.55 Å². The molecule has 1 heterocycles. The van der Waals surface area contributed by atoms with Crippen molar-refractivity contribution in [3.8, 4) is 11.4 Å². The Morgan fingerprint density at radius 3 is 2.19 bits per heavy atom. The smallest absolute Gasteiger partial charge is 0.360 e. The third-order valence-corrected chi connectivity index (χ3v) is 5.55. The Morgan fingerprint density at radius 1 is 1.07 bits per heavy atom. The van der Waals surface area contributed by atoms with Crippen LogP contribution in [-0.4, -0.2) is 46.9 Å². The second kappa shape index (κ2) is 8.08. The van der Waals surface area contributed by atoms with E-state index < -0.39 is 27.8 Å². The van der Waals surface area contributed by atoms with Gasteiger partial charge in [0.05, 0.1) is 6.61 Å². The molecule has 0 aliphatic rings. The summed E-state index contributed by atoms with van der Waals surface area (Å²) in [5, 5.41) is 0. The number of rotatable bonds is 7. The van der Waals surface area contributed by atoms with Crippen LogP contribution in [0.5, 0.6) is 0 Å². The number of hydrogen-bond donors (Lipinski definition) is 0. The number of hydrogen-bond acceptors (Lipinski definition) is 2. The van der Waals surface area contributed by atoms with Gasteiger partial charge in [-0.2, -0.15) is 22.0 Å². The van der Waals surface area contributed by atoms with Crippen LogP contribution in [0.25, 0.3) is 11.4 Å².